The summed E-state index contributed by atoms with van der Waals surface area (Å²) in [6, 6.07) is 16.2. The normalized spacial score (nSPS) is 17.1. The van der Waals surface area contributed by atoms with Crippen molar-refractivity contribution in [3.8, 4) is 0 Å². The number of anilines is 1. The predicted octanol–water partition coefficient (Wildman–Crippen LogP) is 3.26. The number of rotatable bonds is 3. The molecule has 0 spiro atoms. The molecular formula is C19H19N3O2. The maximum absolute atomic E-state index is 12.8. The number of hydrogen-bond acceptors (Lipinski definition) is 2. The van der Waals surface area contributed by atoms with Crippen LogP contribution in [0.5, 0.6) is 0 Å². The summed E-state index contributed by atoms with van der Waals surface area (Å²) >= 11 is 0. The molecule has 3 N–H and O–H groups in total. The molecule has 122 valence electrons. The van der Waals surface area contributed by atoms with Crippen LogP contribution in [-0.4, -0.2) is 11.9 Å². The van der Waals surface area contributed by atoms with Gasteiger partial charge < -0.3 is 16.0 Å². The Bertz CT molecular complexity index is 795. The van der Waals surface area contributed by atoms with Crippen LogP contribution < -0.4 is 16.0 Å². The summed E-state index contributed by atoms with van der Waals surface area (Å²) in [5, 5.41) is 8.39. The van der Waals surface area contributed by atoms with Gasteiger partial charge in [-0.25, -0.2) is 4.79 Å². The van der Waals surface area contributed by atoms with Gasteiger partial charge in [0.15, 0.2) is 0 Å². The second-order valence-electron chi connectivity index (χ2n) is 5.80. The topological polar surface area (TPSA) is 70.2 Å². The Kier molecular flexibility index (Phi) is 4.33. The third-order valence-corrected chi connectivity index (χ3v) is 3.96. The molecule has 0 radical (unpaired) electrons. The van der Waals surface area contributed by atoms with Crippen molar-refractivity contribution in [1.82, 2.24) is 10.6 Å². The number of benzene rings is 2. The molecule has 0 aromatic heterocycles. The molecule has 0 unspecified atom stereocenters. The van der Waals surface area contributed by atoms with E-state index < -0.39 is 6.04 Å². The summed E-state index contributed by atoms with van der Waals surface area (Å²) in [6.07, 6.45) is 0. The van der Waals surface area contributed by atoms with Gasteiger partial charge in [-0.1, -0.05) is 48.0 Å². The zero-order valence-corrected chi connectivity index (χ0v) is 13.6. The number of amides is 3. The number of carbonyl (C=O) groups is 2. The molecule has 3 amide bonds. The number of allylic oxidation sites excluding steroid dienone is 1. The fourth-order valence-electron chi connectivity index (χ4n) is 2.72. The molecule has 5 heteroatoms. The molecular weight excluding hydrogens is 302 g/mol. The predicted molar refractivity (Wildman–Crippen MR) is 93.4 cm³/mol. The first kappa shape index (κ1) is 15.8. The molecule has 0 fully saturated rings. The summed E-state index contributed by atoms with van der Waals surface area (Å²) in [7, 11) is 0. The standard InChI is InChI=1S/C19H19N3O2/c1-12-8-10-14(11-9-12)17-16(13(2)20-19(24)22-17)18(23)21-15-6-4-3-5-7-15/h3-11,17H,1-2H3,(H,21,23)(H2,20,22,24)/t17-/m1/s1. The highest BCUT2D eigenvalue weighted by atomic mass is 16.2. The van der Waals surface area contributed by atoms with E-state index in [2.05, 4.69) is 16.0 Å². The fraction of sp³-hybridized carbons (Fsp3) is 0.158. The first-order chi connectivity index (χ1) is 11.5. The van der Waals surface area contributed by atoms with Gasteiger partial charge in [0, 0.05) is 11.4 Å². The van der Waals surface area contributed by atoms with Crippen molar-refractivity contribution in [1.29, 1.82) is 0 Å². The van der Waals surface area contributed by atoms with Crippen LogP contribution in [0.15, 0.2) is 65.9 Å². The van der Waals surface area contributed by atoms with Gasteiger partial charge in [0.05, 0.1) is 11.6 Å². The molecule has 2 aromatic carbocycles. The fourth-order valence-corrected chi connectivity index (χ4v) is 2.72. The van der Waals surface area contributed by atoms with E-state index in [4.69, 9.17) is 0 Å². The second kappa shape index (κ2) is 6.58. The number of aryl methyl sites for hydroxylation is 1. The molecule has 5 nitrogen and oxygen atoms in total. The van der Waals surface area contributed by atoms with Crippen LogP contribution in [0, 0.1) is 6.92 Å². The van der Waals surface area contributed by atoms with Gasteiger partial charge in [-0.3, -0.25) is 4.79 Å². The summed E-state index contributed by atoms with van der Waals surface area (Å²) < 4.78 is 0. The van der Waals surface area contributed by atoms with Crippen LogP contribution in [0.25, 0.3) is 0 Å². The lowest BCUT2D eigenvalue weighted by atomic mass is 9.94. The SMILES string of the molecule is CC1=C(C(=O)Nc2ccccc2)[C@@H](c2ccc(C)cc2)NC(=O)N1. The van der Waals surface area contributed by atoms with Gasteiger partial charge in [0.1, 0.15) is 0 Å². The van der Waals surface area contributed by atoms with Gasteiger partial charge in [-0.05, 0) is 31.5 Å². The Morgan fingerprint density at radius 3 is 2.33 bits per heavy atom. The third kappa shape index (κ3) is 3.30. The van der Waals surface area contributed by atoms with Gasteiger partial charge in [-0.15, -0.1) is 0 Å². The molecule has 2 aromatic rings. The minimum Gasteiger partial charge on any atom is -0.327 e. The van der Waals surface area contributed by atoms with E-state index in [9.17, 15) is 9.59 Å². The lowest BCUT2D eigenvalue weighted by molar-refractivity contribution is -0.113. The lowest BCUT2D eigenvalue weighted by Gasteiger charge is -2.28. The molecule has 1 aliphatic rings. The maximum Gasteiger partial charge on any atom is 0.319 e. The van der Waals surface area contributed by atoms with Gasteiger partial charge in [0.25, 0.3) is 5.91 Å². The van der Waals surface area contributed by atoms with Crippen LogP contribution in [0.3, 0.4) is 0 Å². The molecule has 0 saturated heterocycles. The van der Waals surface area contributed by atoms with Crippen molar-refractivity contribution in [3.05, 3.63) is 77.0 Å². The number of carbonyl (C=O) groups excluding carboxylic acids is 2. The number of urea groups is 1. The molecule has 1 aliphatic heterocycles. The van der Waals surface area contributed by atoms with Crippen molar-refractivity contribution in [3.63, 3.8) is 0 Å². The second-order valence-corrected chi connectivity index (χ2v) is 5.80. The molecule has 0 aliphatic carbocycles. The average Bonchev–Trinajstić information content (AvgIpc) is 2.55. The number of nitrogens with one attached hydrogen (secondary N) is 3. The minimum atomic E-state index is -0.483. The lowest BCUT2D eigenvalue weighted by Crippen LogP contribution is -2.45. The maximum atomic E-state index is 12.8. The summed E-state index contributed by atoms with van der Waals surface area (Å²) in [4.78, 5) is 24.6. The first-order valence-electron chi connectivity index (χ1n) is 7.76. The number of para-hydroxylation sites is 1. The van der Waals surface area contributed by atoms with Crippen LogP contribution in [0.2, 0.25) is 0 Å². The van der Waals surface area contributed by atoms with Gasteiger partial charge in [-0.2, -0.15) is 0 Å². The van der Waals surface area contributed by atoms with Gasteiger partial charge in [0.2, 0.25) is 0 Å². The van der Waals surface area contributed by atoms with E-state index in [0.29, 0.717) is 17.0 Å². The van der Waals surface area contributed by atoms with E-state index in [1.807, 2.05) is 61.5 Å². The largest absolute Gasteiger partial charge is 0.327 e. The molecule has 1 heterocycles. The average molecular weight is 321 g/mol. The zero-order valence-electron chi connectivity index (χ0n) is 13.6. The quantitative estimate of drug-likeness (QED) is 0.812. The monoisotopic (exact) mass is 321 g/mol. The Hall–Kier alpha value is -3.08. The molecule has 1 atom stereocenters. The van der Waals surface area contributed by atoms with Gasteiger partial charge >= 0.3 is 6.03 Å². The van der Waals surface area contributed by atoms with Crippen molar-refractivity contribution in [2.45, 2.75) is 19.9 Å². The minimum absolute atomic E-state index is 0.239. The summed E-state index contributed by atoms with van der Waals surface area (Å²) in [5.41, 5.74) is 3.76. The summed E-state index contributed by atoms with van der Waals surface area (Å²) in [5.74, 6) is -0.239. The van der Waals surface area contributed by atoms with E-state index in [1.54, 1.807) is 6.92 Å². The van der Waals surface area contributed by atoms with Crippen molar-refractivity contribution >= 4 is 17.6 Å². The first-order valence-corrected chi connectivity index (χ1v) is 7.76. The summed E-state index contributed by atoms with van der Waals surface area (Å²) in [6.45, 7) is 3.73. The van der Waals surface area contributed by atoms with Crippen LogP contribution in [0.1, 0.15) is 24.1 Å². The molecule has 0 bridgehead atoms. The van der Waals surface area contributed by atoms with Crippen molar-refractivity contribution < 1.29 is 9.59 Å². The van der Waals surface area contributed by atoms with Crippen LogP contribution >= 0.6 is 0 Å². The zero-order chi connectivity index (χ0) is 17.1. The third-order valence-electron chi connectivity index (χ3n) is 3.96. The number of hydrogen-bond donors (Lipinski definition) is 3. The smallest absolute Gasteiger partial charge is 0.319 e. The van der Waals surface area contributed by atoms with Crippen LogP contribution in [0.4, 0.5) is 10.5 Å². The van der Waals surface area contributed by atoms with Crippen molar-refractivity contribution in [2.75, 3.05) is 5.32 Å². The van der Waals surface area contributed by atoms with E-state index in [-0.39, 0.29) is 11.9 Å². The molecule has 3 rings (SSSR count). The Morgan fingerprint density at radius 2 is 1.67 bits per heavy atom. The van der Waals surface area contributed by atoms with Crippen molar-refractivity contribution in [2.24, 2.45) is 0 Å². The Morgan fingerprint density at radius 1 is 1.00 bits per heavy atom. The van der Waals surface area contributed by atoms with E-state index in [0.717, 1.165) is 11.1 Å². The van der Waals surface area contributed by atoms with Crippen LogP contribution in [-0.2, 0) is 4.79 Å². The van der Waals surface area contributed by atoms with E-state index >= 15 is 0 Å². The highest BCUT2D eigenvalue weighted by Crippen LogP contribution is 2.27. The molecule has 24 heavy (non-hydrogen) atoms. The Labute approximate surface area is 140 Å². The highest BCUT2D eigenvalue weighted by Gasteiger charge is 2.31. The highest BCUT2D eigenvalue weighted by molar-refractivity contribution is 6.06. The molecule has 0 saturated carbocycles. The Balaban J connectivity index is 1.94. The van der Waals surface area contributed by atoms with E-state index in [1.165, 1.54) is 0 Å².